The van der Waals surface area contributed by atoms with Gasteiger partial charge in [-0.05, 0) is 81.3 Å². The van der Waals surface area contributed by atoms with Gasteiger partial charge in [0, 0.05) is 54.1 Å². The number of aromatic amines is 2. The fourth-order valence-electron chi connectivity index (χ4n) is 4.91. The van der Waals surface area contributed by atoms with Gasteiger partial charge in [-0.25, -0.2) is 9.37 Å². The first kappa shape index (κ1) is 26.5. The van der Waals surface area contributed by atoms with Crippen molar-refractivity contribution < 1.29 is 9.13 Å². The summed E-state index contributed by atoms with van der Waals surface area (Å²) in [6.45, 7) is 1.99. The summed E-state index contributed by atoms with van der Waals surface area (Å²) < 4.78 is 20.5. The van der Waals surface area contributed by atoms with Crippen LogP contribution in [0.25, 0.3) is 55.7 Å². The average Bonchev–Trinajstić information content (AvgIpc) is 3.56. The number of rotatable bonds is 9. The second kappa shape index (κ2) is 11.1. The summed E-state index contributed by atoms with van der Waals surface area (Å²) >= 11 is 0. The van der Waals surface area contributed by atoms with E-state index in [9.17, 15) is 4.39 Å². The van der Waals surface area contributed by atoms with Gasteiger partial charge < -0.3 is 19.5 Å². The summed E-state index contributed by atoms with van der Waals surface area (Å²) in [5, 5.41) is 9.47. The van der Waals surface area contributed by atoms with Gasteiger partial charge in [0.2, 0.25) is 0 Å². The number of ether oxygens (including phenoxy) is 1. The quantitative estimate of drug-likeness (QED) is 0.250. The van der Waals surface area contributed by atoms with E-state index < -0.39 is 0 Å². The molecule has 208 valence electrons. The number of pyridine rings is 3. The molecule has 0 atom stereocenters. The van der Waals surface area contributed by atoms with Crippen LogP contribution in [0.3, 0.4) is 0 Å². The van der Waals surface area contributed by atoms with Crippen molar-refractivity contribution in [1.82, 2.24) is 39.9 Å². The van der Waals surface area contributed by atoms with Crippen LogP contribution in [0, 0.1) is 5.82 Å². The minimum Gasteiger partial charge on any atom is -0.492 e. The Morgan fingerprint density at radius 3 is 2.59 bits per heavy atom. The van der Waals surface area contributed by atoms with Crippen LogP contribution in [0.15, 0.2) is 67.3 Å². The molecule has 2 N–H and O–H groups in total. The molecule has 0 bridgehead atoms. The van der Waals surface area contributed by atoms with E-state index in [4.69, 9.17) is 4.74 Å². The van der Waals surface area contributed by atoms with Gasteiger partial charge in [0.05, 0.1) is 23.1 Å². The zero-order chi connectivity index (χ0) is 28.5. The minimum absolute atomic E-state index is 0.356. The highest BCUT2D eigenvalue weighted by Gasteiger charge is 2.16. The topological polar surface area (TPSA) is 98.8 Å². The lowest BCUT2D eigenvalue weighted by atomic mass is 10.0. The Balaban J connectivity index is 1.37. The minimum atomic E-state index is -0.356. The zero-order valence-corrected chi connectivity index (χ0v) is 23.4. The van der Waals surface area contributed by atoms with Gasteiger partial charge in [-0.3, -0.25) is 15.1 Å². The SMILES string of the molecule is CN(C)CCOc1cc(F)cc(-c2ccnc3[nH]c(-c4n[nH]c5cnc(-c6cncc(CN(C)C)c6)cc45)cc23)c1. The molecule has 0 saturated carbocycles. The summed E-state index contributed by atoms with van der Waals surface area (Å²) in [6, 6.07) is 12.8. The van der Waals surface area contributed by atoms with Crippen LogP contribution >= 0.6 is 0 Å². The van der Waals surface area contributed by atoms with E-state index in [0.29, 0.717) is 23.6 Å². The van der Waals surface area contributed by atoms with Crippen LogP contribution in [0.2, 0.25) is 0 Å². The molecule has 10 heteroatoms. The van der Waals surface area contributed by atoms with Crippen molar-refractivity contribution in [3.8, 4) is 39.5 Å². The van der Waals surface area contributed by atoms with Crippen LogP contribution in [-0.2, 0) is 6.54 Å². The van der Waals surface area contributed by atoms with Crippen LogP contribution in [0.5, 0.6) is 5.75 Å². The molecule has 5 aromatic heterocycles. The Bertz CT molecular complexity index is 1840. The number of likely N-dealkylation sites (N-methyl/N-ethyl adjacent to an activating group) is 1. The molecule has 0 radical (unpaired) electrons. The fourth-order valence-corrected chi connectivity index (χ4v) is 4.91. The number of hydrogen-bond donors (Lipinski definition) is 2. The normalized spacial score (nSPS) is 11.8. The zero-order valence-electron chi connectivity index (χ0n) is 23.4. The molecule has 0 fully saturated rings. The second-order valence-corrected chi connectivity index (χ2v) is 10.6. The smallest absolute Gasteiger partial charge is 0.138 e. The molecular weight excluding hydrogens is 519 g/mol. The largest absolute Gasteiger partial charge is 0.492 e. The Hall–Kier alpha value is -4.67. The fraction of sp³-hybridized carbons (Fsp3) is 0.226. The van der Waals surface area contributed by atoms with Crippen LogP contribution in [0.4, 0.5) is 4.39 Å². The van der Waals surface area contributed by atoms with Crippen molar-refractivity contribution in [3.05, 3.63) is 78.6 Å². The number of aromatic nitrogens is 6. The third-order valence-corrected chi connectivity index (χ3v) is 6.81. The third-order valence-electron chi connectivity index (χ3n) is 6.81. The predicted octanol–water partition coefficient (Wildman–Crippen LogP) is 5.37. The molecule has 0 spiro atoms. The van der Waals surface area contributed by atoms with Gasteiger partial charge in [0.25, 0.3) is 0 Å². The Morgan fingerprint density at radius 1 is 0.878 bits per heavy atom. The summed E-state index contributed by atoms with van der Waals surface area (Å²) in [7, 11) is 8.00. The van der Waals surface area contributed by atoms with E-state index in [-0.39, 0.29) is 5.82 Å². The number of benzene rings is 1. The molecule has 0 amide bonds. The molecule has 9 nitrogen and oxygen atoms in total. The molecule has 41 heavy (non-hydrogen) atoms. The lowest BCUT2D eigenvalue weighted by Crippen LogP contribution is -2.19. The molecule has 6 aromatic rings. The number of H-pyrrole nitrogens is 2. The molecule has 1 aromatic carbocycles. The van der Waals surface area contributed by atoms with Crippen molar-refractivity contribution in [2.24, 2.45) is 0 Å². The van der Waals surface area contributed by atoms with E-state index in [2.05, 4.69) is 41.1 Å². The standard InChI is InChI=1S/C31H31FN8O/c1-39(2)7-8-41-23-11-20(10-22(32)12-23)24-5-6-34-31-25(24)13-28(36-31)30-26-14-27(35-17-29(26)37-38-30)21-9-19(15-33-16-21)18-40(3)4/h5-6,9-17H,7-8,18H2,1-4H3,(H,34,36)(H,37,38). The first-order chi connectivity index (χ1) is 19.8. The number of halogens is 1. The molecular formula is C31H31FN8O. The highest BCUT2D eigenvalue weighted by atomic mass is 19.1. The Kier molecular flexibility index (Phi) is 7.17. The van der Waals surface area contributed by atoms with E-state index >= 15 is 0 Å². The maximum absolute atomic E-state index is 14.6. The van der Waals surface area contributed by atoms with Crippen molar-refractivity contribution >= 4 is 21.9 Å². The maximum Gasteiger partial charge on any atom is 0.138 e. The van der Waals surface area contributed by atoms with Crippen molar-refractivity contribution in [2.75, 3.05) is 41.3 Å². The van der Waals surface area contributed by atoms with Gasteiger partial charge in [-0.15, -0.1) is 0 Å². The molecule has 6 rings (SSSR count). The van der Waals surface area contributed by atoms with E-state index in [0.717, 1.165) is 63.2 Å². The van der Waals surface area contributed by atoms with Gasteiger partial charge >= 0.3 is 0 Å². The monoisotopic (exact) mass is 550 g/mol. The van der Waals surface area contributed by atoms with Crippen molar-refractivity contribution in [3.63, 3.8) is 0 Å². The maximum atomic E-state index is 14.6. The highest BCUT2D eigenvalue weighted by Crippen LogP contribution is 2.35. The van der Waals surface area contributed by atoms with E-state index in [1.165, 1.54) is 12.1 Å². The molecule has 0 aliphatic carbocycles. The number of nitrogens with one attached hydrogen (secondary N) is 2. The lowest BCUT2D eigenvalue weighted by Gasteiger charge is -2.12. The van der Waals surface area contributed by atoms with Crippen molar-refractivity contribution in [1.29, 1.82) is 0 Å². The summed E-state index contributed by atoms with van der Waals surface area (Å²) in [5.41, 5.74) is 7.46. The lowest BCUT2D eigenvalue weighted by molar-refractivity contribution is 0.260. The third kappa shape index (κ3) is 5.65. The summed E-state index contributed by atoms with van der Waals surface area (Å²) in [4.78, 5) is 21.1. The van der Waals surface area contributed by atoms with Gasteiger partial charge in [-0.1, -0.05) is 0 Å². The first-order valence-corrected chi connectivity index (χ1v) is 13.3. The van der Waals surface area contributed by atoms with Crippen LogP contribution in [-0.4, -0.2) is 81.3 Å². The first-order valence-electron chi connectivity index (χ1n) is 13.3. The summed E-state index contributed by atoms with van der Waals surface area (Å²) in [6.07, 6.45) is 7.20. The van der Waals surface area contributed by atoms with Gasteiger partial charge in [0.1, 0.15) is 29.5 Å². The van der Waals surface area contributed by atoms with Crippen LogP contribution in [0.1, 0.15) is 5.56 Å². The molecule has 0 unspecified atom stereocenters. The molecule has 5 heterocycles. The summed E-state index contributed by atoms with van der Waals surface area (Å²) in [5.74, 6) is 0.135. The van der Waals surface area contributed by atoms with E-state index in [1.54, 1.807) is 12.4 Å². The number of nitrogens with zero attached hydrogens (tertiary/aromatic N) is 6. The van der Waals surface area contributed by atoms with Gasteiger partial charge in [-0.2, -0.15) is 5.10 Å². The average molecular weight is 551 g/mol. The Morgan fingerprint density at radius 2 is 1.76 bits per heavy atom. The Labute approximate surface area is 237 Å². The molecule has 0 aliphatic heterocycles. The predicted molar refractivity (Wildman–Crippen MR) is 159 cm³/mol. The highest BCUT2D eigenvalue weighted by molar-refractivity contribution is 6.00. The number of fused-ring (bicyclic) bond motifs is 2. The van der Waals surface area contributed by atoms with Gasteiger partial charge in [0.15, 0.2) is 0 Å². The van der Waals surface area contributed by atoms with Crippen LogP contribution < -0.4 is 4.74 Å². The molecule has 0 saturated heterocycles. The second-order valence-electron chi connectivity index (χ2n) is 10.6. The van der Waals surface area contributed by atoms with Crippen molar-refractivity contribution in [2.45, 2.75) is 6.54 Å². The van der Waals surface area contributed by atoms with E-state index in [1.807, 2.05) is 69.7 Å². The molecule has 0 aliphatic rings. The number of hydrogen-bond acceptors (Lipinski definition) is 7.